The second-order valence-electron chi connectivity index (χ2n) is 3.62. The Morgan fingerprint density at radius 2 is 1.62 bits per heavy atom. The largest absolute Gasteiger partial charge is 0.491 e. The summed E-state index contributed by atoms with van der Waals surface area (Å²) in [6.07, 6.45) is 1.92. The summed E-state index contributed by atoms with van der Waals surface area (Å²) in [4.78, 5) is 0. The molecule has 0 aromatic heterocycles. The molecular weight excluding hydrogens is 206 g/mol. The van der Waals surface area contributed by atoms with E-state index in [1.807, 2.05) is 6.92 Å². The molecular formula is C10H16B2O4. The zero-order chi connectivity index (χ0) is 12.0. The van der Waals surface area contributed by atoms with Crippen LogP contribution in [0.25, 0.3) is 0 Å². The minimum atomic E-state index is -1.48. The summed E-state index contributed by atoms with van der Waals surface area (Å²) in [6.45, 7) is 2.56. The molecule has 3 N–H and O–H groups in total. The molecule has 0 aliphatic carbocycles. The van der Waals surface area contributed by atoms with E-state index in [4.69, 9.17) is 14.7 Å². The van der Waals surface area contributed by atoms with Crippen molar-refractivity contribution in [1.82, 2.24) is 0 Å². The Hall–Kier alpha value is -0.810. The Balaban J connectivity index is 2.52. The molecule has 0 amide bonds. The second-order valence-corrected chi connectivity index (χ2v) is 3.62. The van der Waals surface area contributed by atoms with E-state index >= 15 is 0 Å². The number of unbranched alkanes of at least 4 members (excludes halogenated alkanes) is 1. The van der Waals surface area contributed by atoms with Crippen molar-refractivity contribution in [2.24, 2.45) is 0 Å². The number of hydrogen-bond acceptors (Lipinski definition) is 4. The summed E-state index contributed by atoms with van der Waals surface area (Å²) in [5, 5.41) is 27.4. The SMILES string of the molecule is CCCCOB(O)c1ccc(B(O)O)cc1. The third-order valence-electron chi connectivity index (χ3n) is 2.29. The van der Waals surface area contributed by atoms with Crippen molar-refractivity contribution in [3.63, 3.8) is 0 Å². The Morgan fingerprint density at radius 3 is 2.12 bits per heavy atom. The number of rotatable bonds is 6. The van der Waals surface area contributed by atoms with Gasteiger partial charge in [0.2, 0.25) is 0 Å². The zero-order valence-electron chi connectivity index (χ0n) is 9.34. The van der Waals surface area contributed by atoms with E-state index in [-0.39, 0.29) is 0 Å². The molecule has 0 radical (unpaired) electrons. The lowest BCUT2D eigenvalue weighted by atomic mass is 9.74. The molecule has 4 nitrogen and oxygen atoms in total. The minimum Gasteiger partial charge on any atom is -0.423 e. The molecule has 0 spiro atoms. The maximum absolute atomic E-state index is 9.63. The highest BCUT2D eigenvalue weighted by atomic mass is 16.5. The lowest BCUT2D eigenvalue weighted by Gasteiger charge is -2.08. The molecule has 0 aliphatic heterocycles. The van der Waals surface area contributed by atoms with Crippen LogP contribution in [0.15, 0.2) is 24.3 Å². The van der Waals surface area contributed by atoms with E-state index in [0.717, 1.165) is 12.8 Å². The summed E-state index contributed by atoms with van der Waals surface area (Å²) in [6, 6.07) is 6.33. The normalized spacial score (nSPS) is 10.2. The first-order valence-corrected chi connectivity index (χ1v) is 5.40. The predicted molar refractivity (Wildman–Crippen MR) is 64.7 cm³/mol. The van der Waals surface area contributed by atoms with Crippen LogP contribution in [0.4, 0.5) is 0 Å². The molecule has 0 bridgehead atoms. The third-order valence-corrected chi connectivity index (χ3v) is 2.29. The second kappa shape index (κ2) is 6.70. The molecule has 0 heterocycles. The van der Waals surface area contributed by atoms with Gasteiger partial charge in [-0.1, -0.05) is 37.6 Å². The maximum atomic E-state index is 9.63. The summed E-state index contributed by atoms with van der Waals surface area (Å²) in [5.41, 5.74) is 1.00. The van der Waals surface area contributed by atoms with Crippen molar-refractivity contribution in [3.05, 3.63) is 24.3 Å². The van der Waals surface area contributed by atoms with E-state index in [0.29, 0.717) is 17.5 Å². The summed E-state index contributed by atoms with van der Waals surface area (Å²) >= 11 is 0. The van der Waals surface area contributed by atoms with Gasteiger partial charge in [-0.2, -0.15) is 0 Å². The fraction of sp³-hybridized carbons (Fsp3) is 0.400. The average molecular weight is 222 g/mol. The summed E-state index contributed by atoms with van der Waals surface area (Å²) in [7, 11) is -2.43. The van der Waals surface area contributed by atoms with Gasteiger partial charge >= 0.3 is 14.2 Å². The van der Waals surface area contributed by atoms with E-state index < -0.39 is 14.2 Å². The first-order valence-electron chi connectivity index (χ1n) is 5.40. The first kappa shape index (κ1) is 13.3. The molecule has 16 heavy (non-hydrogen) atoms. The monoisotopic (exact) mass is 222 g/mol. The topological polar surface area (TPSA) is 69.9 Å². The molecule has 86 valence electrons. The van der Waals surface area contributed by atoms with Gasteiger partial charge in [0.1, 0.15) is 0 Å². The van der Waals surface area contributed by atoms with E-state index in [2.05, 4.69) is 0 Å². The van der Waals surface area contributed by atoms with Crippen LogP contribution in [0, 0.1) is 0 Å². The average Bonchev–Trinajstić information content (AvgIpc) is 2.29. The fourth-order valence-electron chi connectivity index (χ4n) is 1.27. The predicted octanol–water partition coefficient (Wildman–Crippen LogP) is -1.13. The van der Waals surface area contributed by atoms with Gasteiger partial charge in [0.15, 0.2) is 0 Å². The molecule has 0 unspecified atom stereocenters. The zero-order valence-corrected chi connectivity index (χ0v) is 9.34. The first-order chi connectivity index (χ1) is 7.65. The van der Waals surface area contributed by atoms with Gasteiger partial charge < -0.3 is 19.7 Å². The maximum Gasteiger partial charge on any atom is 0.491 e. The highest BCUT2D eigenvalue weighted by Gasteiger charge is 2.17. The number of benzene rings is 1. The Labute approximate surface area is 96.2 Å². The molecule has 0 saturated heterocycles. The molecule has 0 fully saturated rings. The van der Waals surface area contributed by atoms with Crippen molar-refractivity contribution < 1.29 is 19.7 Å². The van der Waals surface area contributed by atoms with Gasteiger partial charge in [-0.05, 0) is 17.3 Å². The standard InChI is InChI=1S/C10H16B2O4/c1-2-3-8-16-12(15)10-6-4-9(5-7-10)11(13)14/h4-7,13-15H,2-3,8H2,1H3. The lowest BCUT2D eigenvalue weighted by molar-refractivity contribution is 0.264. The van der Waals surface area contributed by atoms with Crippen LogP contribution in [0.5, 0.6) is 0 Å². The Kier molecular flexibility index (Phi) is 5.55. The quantitative estimate of drug-likeness (QED) is 0.420. The van der Waals surface area contributed by atoms with Crippen molar-refractivity contribution in [2.75, 3.05) is 6.61 Å². The molecule has 0 saturated carbocycles. The molecule has 1 aromatic carbocycles. The van der Waals surface area contributed by atoms with Crippen LogP contribution < -0.4 is 10.9 Å². The van der Waals surface area contributed by atoms with Crippen molar-refractivity contribution in [3.8, 4) is 0 Å². The Bertz CT molecular complexity index is 302. The third kappa shape index (κ3) is 3.98. The summed E-state index contributed by atoms with van der Waals surface area (Å²) < 4.78 is 5.20. The van der Waals surface area contributed by atoms with Crippen LogP contribution in [0.3, 0.4) is 0 Å². The van der Waals surface area contributed by atoms with Crippen LogP contribution in [-0.2, 0) is 4.65 Å². The van der Waals surface area contributed by atoms with Gasteiger partial charge in [0.25, 0.3) is 0 Å². The van der Waals surface area contributed by atoms with Crippen LogP contribution in [0.1, 0.15) is 19.8 Å². The van der Waals surface area contributed by atoms with Crippen LogP contribution in [0.2, 0.25) is 0 Å². The van der Waals surface area contributed by atoms with Gasteiger partial charge in [-0.25, -0.2) is 0 Å². The minimum absolute atomic E-state index is 0.393. The highest BCUT2D eigenvalue weighted by molar-refractivity contribution is 6.61. The van der Waals surface area contributed by atoms with Crippen molar-refractivity contribution in [1.29, 1.82) is 0 Å². The van der Waals surface area contributed by atoms with E-state index in [1.54, 1.807) is 24.3 Å². The van der Waals surface area contributed by atoms with Gasteiger partial charge in [-0.3, -0.25) is 0 Å². The van der Waals surface area contributed by atoms with Crippen LogP contribution in [-0.4, -0.2) is 35.9 Å². The van der Waals surface area contributed by atoms with Gasteiger partial charge in [0, 0.05) is 6.61 Å². The number of hydrogen-bond donors (Lipinski definition) is 3. The van der Waals surface area contributed by atoms with Gasteiger partial charge in [-0.15, -0.1) is 0 Å². The van der Waals surface area contributed by atoms with Crippen molar-refractivity contribution >= 4 is 25.2 Å². The molecule has 1 aromatic rings. The summed E-state index contributed by atoms with van der Waals surface area (Å²) in [5.74, 6) is 0. The Morgan fingerprint density at radius 1 is 1.06 bits per heavy atom. The molecule has 6 heteroatoms. The highest BCUT2D eigenvalue weighted by Crippen LogP contribution is 1.92. The fourth-order valence-corrected chi connectivity index (χ4v) is 1.27. The smallest absolute Gasteiger partial charge is 0.423 e. The van der Waals surface area contributed by atoms with Gasteiger partial charge in [0.05, 0.1) is 0 Å². The van der Waals surface area contributed by atoms with E-state index in [1.165, 1.54) is 0 Å². The van der Waals surface area contributed by atoms with E-state index in [9.17, 15) is 5.02 Å². The lowest BCUT2D eigenvalue weighted by Crippen LogP contribution is -2.37. The molecule has 0 aliphatic rings. The van der Waals surface area contributed by atoms with Crippen molar-refractivity contribution in [2.45, 2.75) is 19.8 Å². The molecule has 0 atom stereocenters. The molecule has 1 rings (SSSR count). The van der Waals surface area contributed by atoms with Crippen LogP contribution >= 0.6 is 0 Å².